The zero-order chi connectivity index (χ0) is 59.2. The predicted octanol–water partition coefficient (Wildman–Crippen LogP) is 24.0. The van der Waals surface area contributed by atoms with Gasteiger partial charge < -0.3 is 20.3 Å². The van der Waals surface area contributed by atoms with Gasteiger partial charge in [0.2, 0.25) is 5.91 Å². The Morgan fingerprint density at radius 3 is 0.939 bits per heavy atom. The van der Waals surface area contributed by atoms with Crippen molar-refractivity contribution in [2.75, 3.05) is 13.2 Å². The van der Waals surface area contributed by atoms with Crippen molar-refractivity contribution in [2.24, 2.45) is 0 Å². The monoisotopic (exact) mass is 1150 g/mol. The van der Waals surface area contributed by atoms with Crippen LogP contribution in [-0.2, 0) is 14.3 Å². The molecule has 0 aliphatic carbocycles. The summed E-state index contributed by atoms with van der Waals surface area (Å²) in [5, 5.41) is 23.2. The van der Waals surface area contributed by atoms with E-state index in [4.69, 9.17) is 4.74 Å². The van der Waals surface area contributed by atoms with E-state index < -0.39 is 12.1 Å². The molecule has 0 aromatic carbocycles. The van der Waals surface area contributed by atoms with Gasteiger partial charge in [0.15, 0.2) is 0 Å². The van der Waals surface area contributed by atoms with E-state index in [2.05, 4.69) is 55.6 Å². The van der Waals surface area contributed by atoms with Crippen LogP contribution in [0.25, 0.3) is 0 Å². The summed E-state index contributed by atoms with van der Waals surface area (Å²) < 4.78 is 5.50. The molecule has 482 valence electrons. The Hall–Kier alpha value is -2.18. The Morgan fingerprint density at radius 2 is 0.610 bits per heavy atom. The molecule has 0 bridgehead atoms. The van der Waals surface area contributed by atoms with Crippen molar-refractivity contribution in [1.82, 2.24) is 5.32 Å². The van der Waals surface area contributed by atoms with Crippen LogP contribution in [0.2, 0.25) is 0 Å². The van der Waals surface area contributed by atoms with Gasteiger partial charge in [-0.2, -0.15) is 0 Å². The van der Waals surface area contributed by atoms with Gasteiger partial charge in [0.05, 0.1) is 25.4 Å². The molecule has 0 heterocycles. The van der Waals surface area contributed by atoms with Gasteiger partial charge in [-0.15, -0.1) is 0 Å². The molecule has 0 fully saturated rings. The topological polar surface area (TPSA) is 95.9 Å². The summed E-state index contributed by atoms with van der Waals surface area (Å²) in [5.74, 6) is -0.0572. The lowest BCUT2D eigenvalue weighted by Crippen LogP contribution is -2.45. The number of aliphatic hydroxyl groups excluding tert-OH is 2. The molecule has 0 spiro atoms. The number of amides is 1. The number of rotatable bonds is 69. The second kappa shape index (κ2) is 71.3. The van der Waals surface area contributed by atoms with Crippen molar-refractivity contribution in [3.05, 3.63) is 48.6 Å². The predicted molar refractivity (Wildman–Crippen MR) is 361 cm³/mol. The molecule has 0 rings (SSSR count). The number of hydrogen-bond acceptors (Lipinski definition) is 5. The molecule has 0 radical (unpaired) electrons. The minimum Gasteiger partial charge on any atom is -0.466 e. The van der Waals surface area contributed by atoms with Gasteiger partial charge in [-0.3, -0.25) is 9.59 Å². The number of unbranched alkanes of at least 4 members (excludes halogenated alkanes) is 52. The first-order chi connectivity index (χ1) is 40.5. The maximum atomic E-state index is 12.5. The zero-order valence-corrected chi connectivity index (χ0v) is 55.2. The van der Waals surface area contributed by atoms with E-state index >= 15 is 0 Å². The van der Waals surface area contributed by atoms with Gasteiger partial charge in [-0.25, -0.2) is 0 Å². The first-order valence-corrected chi connectivity index (χ1v) is 36.9. The molecule has 6 nitrogen and oxygen atoms in total. The lowest BCUT2D eigenvalue weighted by atomic mass is 10.0. The van der Waals surface area contributed by atoms with Crippen LogP contribution in [-0.4, -0.2) is 47.4 Å². The highest BCUT2D eigenvalue weighted by Gasteiger charge is 2.18. The van der Waals surface area contributed by atoms with E-state index in [1.54, 1.807) is 6.08 Å². The molecular weight excluding hydrogens is 1010 g/mol. The molecule has 1 amide bonds. The molecule has 2 unspecified atom stereocenters. The highest BCUT2D eigenvalue weighted by Crippen LogP contribution is 2.18. The number of esters is 1. The van der Waals surface area contributed by atoms with Gasteiger partial charge >= 0.3 is 5.97 Å². The molecule has 0 aromatic heterocycles. The Balaban J connectivity index is 3.42. The molecule has 0 saturated carbocycles. The number of nitrogens with one attached hydrogen (secondary N) is 1. The lowest BCUT2D eigenvalue weighted by Gasteiger charge is -2.20. The molecule has 3 N–H and O–H groups in total. The Kier molecular flexibility index (Phi) is 69.4. The third-order valence-corrected chi connectivity index (χ3v) is 17.1. The van der Waals surface area contributed by atoms with Gasteiger partial charge in [0, 0.05) is 12.8 Å². The minimum atomic E-state index is -0.846. The van der Waals surface area contributed by atoms with Crippen LogP contribution >= 0.6 is 0 Å². The standard InChI is InChI=1S/C76H143NO5/c1-3-5-7-9-11-13-15-17-19-21-36-40-44-48-52-56-60-64-68-74(79)73(72-78)77-75(80)69-65-61-57-53-49-45-41-37-34-32-30-28-26-24-23-25-27-29-31-33-35-39-43-47-51-55-59-63-67-71-82-76(81)70-66-62-58-54-50-46-42-38-22-20-18-16-14-12-10-8-6-4-2/h20,22-23,25,29,31,64,68,73-74,78-79H,3-19,21,24,26-28,30,32-63,65-67,69-72H2,1-2H3,(H,77,80)/b22-20-,25-23-,31-29-,68-64+. The first kappa shape index (κ1) is 79.8. The smallest absolute Gasteiger partial charge is 0.305 e. The highest BCUT2D eigenvalue weighted by atomic mass is 16.5. The molecule has 2 atom stereocenters. The average Bonchev–Trinajstić information content (AvgIpc) is 3.48. The molecule has 0 saturated heterocycles. The van der Waals surface area contributed by atoms with Crippen LogP contribution in [0.4, 0.5) is 0 Å². The number of carbonyl (C=O) groups is 2. The fourth-order valence-corrected chi connectivity index (χ4v) is 11.4. The summed E-state index contributed by atoms with van der Waals surface area (Å²) in [7, 11) is 0. The second-order valence-electron chi connectivity index (χ2n) is 25.3. The first-order valence-electron chi connectivity index (χ1n) is 36.9. The quantitative estimate of drug-likeness (QED) is 0.0320. The molecular formula is C76H143NO5. The molecule has 0 aliphatic rings. The summed E-state index contributed by atoms with van der Waals surface area (Å²) in [5.41, 5.74) is 0. The maximum Gasteiger partial charge on any atom is 0.305 e. The van der Waals surface area contributed by atoms with Crippen LogP contribution < -0.4 is 5.32 Å². The van der Waals surface area contributed by atoms with E-state index in [9.17, 15) is 19.8 Å². The van der Waals surface area contributed by atoms with E-state index in [-0.39, 0.29) is 18.5 Å². The fraction of sp³-hybridized carbons (Fsp3) is 0.868. The van der Waals surface area contributed by atoms with Crippen LogP contribution in [0, 0.1) is 0 Å². The van der Waals surface area contributed by atoms with Crippen LogP contribution in [0.1, 0.15) is 399 Å². The van der Waals surface area contributed by atoms with Gasteiger partial charge in [0.1, 0.15) is 0 Å². The summed E-state index contributed by atoms with van der Waals surface area (Å²) in [6, 6.07) is -0.630. The number of carbonyl (C=O) groups excluding carboxylic acids is 2. The number of ether oxygens (including phenoxy) is 1. The molecule has 0 aromatic rings. The van der Waals surface area contributed by atoms with Crippen molar-refractivity contribution < 1.29 is 24.5 Å². The van der Waals surface area contributed by atoms with Crippen LogP contribution in [0.3, 0.4) is 0 Å². The Labute approximate surface area is 512 Å². The molecule has 0 aliphatic heterocycles. The lowest BCUT2D eigenvalue weighted by molar-refractivity contribution is -0.143. The van der Waals surface area contributed by atoms with Gasteiger partial charge in [0.25, 0.3) is 0 Å². The van der Waals surface area contributed by atoms with Crippen molar-refractivity contribution in [2.45, 2.75) is 411 Å². The zero-order valence-electron chi connectivity index (χ0n) is 55.2. The van der Waals surface area contributed by atoms with E-state index in [1.807, 2.05) is 6.08 Å². The normalized spacial score (nSPS) is 12.8. The third-order valence-electron chi connectivity index (χ3n) is 17.1. The Bertz CT molecular complexity index is 1370. The van der Waals surface area contributed by atoms with E-state index in [1.165, 1.54) is 321 Å². The largest absolute Gasteiger partial charge is 0.466 e. The second-order valence-corrected chi connectivity index (χ2v) is 25.3. The summed E-state index contributed by atoms with van der Waals surface area (Å²) in [4.78, 5) is 24.6. The SMILES string of the molecule is CCCCCCCCC/C=C\CCCCCCCCCC(=O)OCCCCCCCCCCC/C=C\C/C=C\CCCCCCCCCCCCCCCC(=O)NC(CO)C(O)/C=C/CCCCCCCCCCCCCCCCCC. The average molecular weight is 1150 g/mol. The van der Waals surface area contributed by atoms with Crippen LogP contribution in [0.15, 0.2) is 48.6 Å². The van der Waals surface area contributed by atoms with E-state index in [0.29, 0.717) is 19.4 Å². The number of hydrogen-bond donors (Lipinski definition) is 3. The van der Waals surface area contributed by atoms with Gasteiger partial charge in [-0.05, 0) is 89.9 Å². The van der Waals surface area contributed by atoms with Crippen molar-refractivity contribution in [1.29, 1.82) is 0 Å². The van der Waals surface area contributed by atoms with Crippen molar-refractivity contribution in [3.8, 4) is 0 Å². The third kappa shape index (κ3) is 67.0. The summed E-state index contributed by atoms with van der Waals surface area (Å²) >= 11 is 0. The van der Waals surface area contributed by atoms with Crippen LogP contribution in [0.5, 0.6) is 0 Å². The fourth-order valence-electron chi connectivity index (χ4n) is 11.4. The minimum absolute atomic E-state index is 0.00910. The summed E-state index contributed by atoms with van der Waals surface area (Å²) in [6.45, 7) is 4.93. The number of allylic oxidation sites excluding steroid dienone is 7. The van der Waals surface area contributed by atoms with E-state index in [0.717, 1.165) is 51.4 Å². The van der Waals surface area contributed by atoms with Gasteiger partial charge in [-0.1, -0.05) is 345 Å². The molecule has 82 heavy (non-hydrogen) atoms. The number of aliphatic hydroxyl groups is 2. The van der Waals surface area contributed by atoms with Crippen molar-refractivity contribution >= 4 is 11.9 Å². The maximum absolute atomic E-state index is 12.5. The summed E-state index contributed by atoms with van der Waals surface area (Å²) in [6.07, 6.45) is 93.4. The van der Waals surface area contributed by atoms with Crippen molar-refractivity contribution in [3.63, 3.8) is 0 Å². The Morgan fingerprint density at radius 1 is 0.341 bits per heavy atom. The molecule has 6 heteroatoms. The highest BCUT2D eigenvalue weighted by molar-refractivity contribution is 5.76.